The molecule has 2 atom stereocenters. The van der Waals surface area contributed by atoms with Crippen molar-refractivity contribution in [3.63, 3.8) is 0 Å². The van der Waals surface area contributed by atoms with Crippen LogP contribution in [0.1, 0.15) is 63.4 Å². The Balaban J connectivity index is 2.02. The maximum atomic E-state index is 12.7. The summed E-state index contributed by atoms with van der Waals surface area (Å²) in [7, 11) is -3.11. The van der Waals surface area contributed by atoms with Crippen LogP contribution < -0.4 is 0 Å². The Morgan fingerprint density at radius 2 is 1.82 bits per heavy atom. The lowest BCUT2D eigenvalue weighted by Crippen LogP contribution is -2.48. The van der Waals surface area contributed by atoms with Gasteiger partial charge in [-0.05, 0) is 42.9 Å². The summed E-state index contributed by atoms with van der Waals surface area (Å²) in [6.07, 6.45) is 1.13. The van der Waals surface area contributed by atoms with E-state index in [9.17, 15) is 18.0 Å². The number of hydrogen-bond donors (Lipinski definition) is 0. The third kappa shape index (κ3) is 5.56. The minimum atomic E-state index is -3.11. The molecule has 0 spiro atoms. The van der Waals surface area contributed by atoms with E-state index in [4.69, 9.17) is 4.74 Å². The van der Waals surface area contributed by atoms with Crippen molar-refractivity contribution >= 4 is 21.7 Å². The molecule has 28 heavy (non-hydrogen) atoms. The molecule has 1 aliphatic heterocycles. The first kappa shape index (κ1) is 22.4. The van der Waals surface area contributed by atoms with Gasteiger partial charge >= 0.3 is 5.97 Å². The van der Waals surface area contributed by atoms with Crippen LogP contribution in [0.5, 0.6) is 0 Å². The number of nitrogens with zero attached hydrogens (tertiary/aromatic N) is 1. The molecule has 1 aromatic rings. The fraction of sp³-hybridized carbons (Fsp3) is 0.619. The van der Waals surface area contributed by atoms with Crippen LogP contribution in [0, 0.1) is 0 Å². The van der Waals surface area contributed by atoms with Crippen LogP contribution in [0.15, 0.2) is 24.3 Å². The van der Waals surface area contributed by atoms with Crippen LogP contribution >= 0.6 is 0 Å². The van der Waals surface area contributed by atoms with E-state index >= 15 is 0 Å². The second-order valence-corrected chi connectivity index (χ2v) is 10.7. The predicted molar refractivity (Wildman–Crippen MR) is 109 cm³/mol. The van der Waals surface area contributed by atoms with Crippen molar-refractivity contribution in [2.75, 3.05) is 18.1 Å². The standard InChI is InChI=1S/C21H31NO5S/c1-6-15(2)22(18-11-12-28(25,26)14-18)19(23)13-27-20(24)16-7-9-17(10-8-16)21(3,4)5/h7-10,15,18H,6,11-14H2,1-5H3/t15-,18-/m0/s1. The number of esters is 1. The van der Waals surface area contributed by atoms with Gasteiger partial charge in [0, 0.05) is 12.1 Å². The van der Waals surface area contributed by atoms with E-state index in [1.807, 2.05) is 26.0 Å². The minimum absolute atomic E-state index is 0.0171. The molecule has 1 aromatic carbocycles. The van der Waals surface area contributed by atoms with Crippen LogP contribution in [0.25, 0.3) is 0 Å². The van der Waals surface area contributed by atoms with Gasteiger partial charge in [0.1, 0.15) is 0 Å². The molecule has 7 heteroatoms. The summed E-state index contributed by atoms with van der Waals surface area (Å²) in [4.78, 5) is 26.6. The van der Waals surface area contributed by atoms with Crippen LogP contribution in [-0.2, 0) is 24.8 Å². The molecule has 0 bridgehead atoms. The van der Waals surface area contributed by atoms with Crippen molar-refractivity contribution in [1.82, 2.24) is 4.90 Å². The Kier molecular flexibility index (Phi) is 6.91. The number of carbonyl (C=O) groups excluding carboxylic acids is 2. The van der Waals surface area contributed by atoms with E-state index in [0.29, 0.717) is 18.4 Å². The first-order chi connectivity index (χ1) is 12.9. The highest BCUT2D eigenvalue weighted by molar-refractivity contribution is 7.91. The van der Waals surface area contributed by atoms with Crippen molar-refractivity contribution in [2.45, 2.75) is 65.0 Å². The molecule has 1 heterocycles. The van der Waals surface area contributed by atoms with Gasteiger partial charge in [-0.1, -0.05) is 39.8 Å². The molecule has 0 N–H and O–H groups in total. The monoisotopic (exact) mass is 409 g/mol. The van der Waals surface area contributed by atoms with Gasteiger partial charge in [-0.15, -0.1) is 0 Å². The molecule has 0 aliphatic carbocycles. The number of hydrogen-bond acceptors (Lipinski definition) is 5. The van der Waals surface area contributed by atoms with Crippen molar-refractivity contribution in [2.24, 2.45) is 0 Å². The Bertz CT molecular complexity index is 808. The highest BCUT2D eigenvalue weighted by Gasteiger charge is 2.36. The van der Waals surface area contributed by atoms with Gasteiger partial charge in [0.05, 0.1) is 17.1 Å². The van der Waals surface area contributed by atoms with E-state index in [2.05, 4.69) is 20.8 Å². The lowest BCUT2D eigenvalue weighted by atomic mass is 9.87. The van der Waals surface area contributed by atoms with Crippen molar-refractivity contribution in [3.8, 4) is 0 Å². The van der Waals surface area contributed by atoms with E-state index < -0.39 is 15.8 Å². The summed E-state index contributed by atoms with van der Waals surface area (Å²) in [5.41, 5.74) is 1.47. The molecule has 0 saturated carbocycles. The number of benzene rings is 1. The molecule has 156 valence electrons. The van der Waals surface area contributed by atoms with Gasteiger partial charge in [0.25, 0.3) is 5.91 Å². The molecule has 0 radical (unpaired) electrons. The zero-order valence-electron chi connectivity index (χ0n) is 17.4. The smallest absolute Gasteiger partial charge is 0.338 e. The van der Waals surface area contributed by atoms with Gasteiger partial charge in [-0.2, -0.15) is 0 Å². The summed E-state index contributed by atoms with van der Waals surface area (Å²) in [5, 5.41) is 0. The fourth-order valence-corrected chi connectivity index (χ4v) is 5.10. The van der Waals surface area contributed by atoms with Gasteiger partial charge in [0.15, 0.2) is 16.4 Å². The maximum Gasteiger partial charge on any atom is 0.338 e. The average molecular weight is 410 g/mol. The Labute approximate surface area is 168 Å². The van der Waals surface area contributed by atoms with E-state index in [1.54, 1.807) is 17.0 Å². The molecule has 0 aromatic heterocycles. The Morgan fingerprint density at radius 1 is 1.21 bits per heavy atom. The van der Waals surface area contributed by atoms with Gasteiger partial charge in [0.2, 0.25) is 0 Å². The highest BCUT2D eigenvalue weighted by Crippen LogP contribution is 2.23. The van der Waals surface area contributed by atoms with Crippen molar-refractivity contribution < 1.29 is 22.7 Å². The summed E-state index contributed by atoms with van der Waals surface area (Å²) in [6, 6.07) is 6.69. The van der Waals surface area contributed by atoms with Crippen LogP contribution in [0.4, 0.5) is 0 Å². The molecule has 0 unspecified atom stereocenters. The quantitative estimate of drug-likeness (QED) is 0.675. The topological polar surface area (TPSA) is 80.8 Å². The second-order valence-electron chi connectivity index (χ2n) is 8.52. The first-order valence-electron chi connectivity index (χ1n) is 9.74. The summed E-state index contributed by atoms with van der Waals surface area (Å²) in [6.45, 7) is 9.71. The third-order valence-electron chi connectivity index (χ3n) is 5.27. The summed E-state index contributed by atoms with van der Waals surface area (Å²) >= 11 is 0. The fourth-order valence-electron chi connectivity index (χ4n) is 3.39. The van der Waals surface area contributed by atoms with Crippen molar-refractivity contribution in [1.29, 1.82) is 0 Å². The summed E-state index contributed by atoms with van der Waals surface area (Å²) in [5.74, 6) is -0.837. The molecule has 1 fully saturated rings. The zero-order valence-corrected chi connectivity index (χ0v) is 18.2. The van der Waals surface area contributed by atoms with E-state index in [0.717, 1.165) is 5.56 Å². The molecule has 1 saturated heterocycles. The predicted octanol–water partition coefficient (Wildman–Crippen LogP) is 2.96. The summed E-state index contributed by atoms with van der Waals surface area (Å²) < 4.78 is 28.8. The molecule has 6 nitrogen and oxygen atoms in total. The van der Waals surface area contributed by atoms with Gasteiger partial charge in [-0.3, -0.25) is 4.79 Å². The number of carbonyl (C=O) groups is 2. The SMILES string of the molecule is CC[C@H](C)N(C(=O)COC(=O)c1ccc(C(C)(C)C)cc1)[C@H]1CCS(=O)(=O)C1. The Hall–Kier alpha value is -1.89. The number of rotatable bonds is 6. The number of sulfone groups is 1. The maximum absolute atomic E-state index is 12.7. The van der Waals surface area contributed by atoms with Crippen molar-refractivity contribution in [3.05, 3.63) is 35.4 Å². The van der Waals surface area contributed by atoms with Crippen LogP contribution in [-0.4, -0.2) is 55.4 Å². The molecule has 1 aliphatic rings. The Morgan fingerprint density at radius 3 is 2.29 bits per heavy atom. The average Bonchev–Trinajstić information content (AvgIpc) is 2.98. The van der Waals surface area contributed by atoms with E-state index in [-0.39, 0.29) is 41.5 Å². The lowest BCUT2D eigenvalue weighted by molar-refractivity contribution is -0.138. The normalized spacial score (nSPS) is 19.8. The number of ether oxygens (including phenoxy) is 1. The van der Waals surface area contributed by atoms with Gasteiger partial charge < -0.3 is 9.64 Å². The van der Waals surface area contributed by atoms with E-state index in [1.165, 1.54) is 0 Å². The van der Waals surface area contributed by atoms with Gasteiger partial charge in [-0.25, -0.2) is 13.2 Å². The molecule has 2 rings (SSSR count). The second kappa shape index (κ2) is 8.64. The molecule has 1 amide bonds. The largest absolute Gasteiger partial charge is 0.452 e. The highest BCUT2D eigenvalue weighted by atomic mass is 32.2. The minimum Gasteiger partial charge on any atom is -0.452 e. The van der Waals surface area contributed by atoms with Crippen LogP contribution in [0.3, 0.4) is 0 Å². The number of amides is 1. The third-order valence-corrected chi connectivity index (χ3v) is 7.02. The lowest BCUT2D eigenvalue weighted by Gasteiger charge is -2.33. The molecular weight excluding hydrogens is 378 g/mol. The van der Waals surface area contributed by atoms with Crippen LogP contribution in [0.2, 0.25) is 0 Å². The zero-order chi connectivity index (χ0) is 21.1. The first-order valence-corrected chi connectivity index (χ1v) is 11.6. The molecular formula is C21H31NO5S.